The summed E-state index contributed by atoms with van der Waals surface area (Å²) in [5, 5.41) is 3.50. The minimum atomic E-state index is 0.332. The summed E-state index contributed by atoms with van der Waals surface area (Å²) in [4.78, 5) is 8.80. The van der Waals surface area contributed by atoms with Crippen LogP contribution in [0.4, 0.5) is 0 Å². The Labute approximate surface area is 98.7 Å². The fourth-order valence-electron chi connectivity index (χ4n) is 2.00. The van der Waals surface area contributed by atoms with Crippen molar-refractivity contribution in [3.63, 3.8) is 0 Å². The van der Waals surface area contributed by atoms with E-state index >= 15 is 0 Å². The first-order valence-electron chi connectivity index (χ1n) is 6.21. The highest BCUT2D eigenvalue weighted by Gasteiger charge is 2.18. The van der Waals surface area contributed by atoms with E-state index in [2.05, 4.69) is 36.1 Å². The molecule has 0 fully saturated rings. The Balaban J connectivity index is 2.79. The lowest BCUT2D eigenvalue weighted by Crippen LogP contribution is -2.27. The molecule has 0 aliphatic heterocycles. The Hall–Kier alpha value is -0.960. The van der Waals surface area contributed by atoms with Gasteiger partial charge in [0.15, 0.2) is 0 Å². The predicted octanol–water partition coefficient (Wildman–Crippen LogP) is 2.87. The van der Waals surface area contributed by atoms with Crippen LogP contribution in [0.5, 0.6) is 0 Å². The van der Waals surface area contributed by atoms with Crippen LogP contribution < -0.4 is 5.32 Å². The number of nitrogens with zero attached hydrogens (tertiary/aromatic N) is 2. The molecule has 3 nitrogen and oxygen atoms in total. The third-order valence-electron chi connectivity index (χ3n) is 2.86. The molecule has 0 aromatic carbocycles. The van der Waals surface area contributed by atoms with Gasteiger partial charge >= 0.3 is 0 Å². The number of hydrogen-bond donors (Lipinski definition) is 1. The first kappa shape index (κ1) is 13.1. The lowest BCUT2D eigenvalue weighted by atomic mass is 9.94. The van der Waals surface area contributed by atoms with Crippen LogP contribution in [0.25, 0.3) is 0 Å². The van der Waals surface area contributed by atoms with E-state index in [-0.39, 0.29) is 0 Å². The topological polar surface area (TPSA) is 37.8 Å². The summed E-state index contributed by atoms with van der Waals surface area (Å²) in [6, 6.07) is 0.332. The maximum Gasteiger partial charge on any atom is 0.0759 e. The van der Waals surface area contributed by atoms with Gasteiger partial charge in [0.25, 0.3) is 0 Å². The quantitative estimate of drug-likeness (QED) is 0.802. The molecule has 1 heterocycles. The zero-order valence-electron chi connectivity index (χ0n) is 10.8. The molecule has 3 heteroatoms. The minimum Gasteiger partial charge on any atom is -0.309 e. The van der Waals surface area contributed by atoms with Crippen molar-refractivity contribution in [3.05, 3.63) is 23.8 Å². The number of hydrogen-bond acceptors (Lipinski definition) is 3. The van der Waals surface area contributed by atoms with Crippen LogP contribution in [-0.2, 0) is 0 Å². The molecule has 90 valence electrons. The molecule has 0 bridgehead atoms. The smallest absolute Gasteiger partial charge is 0.0759 e. The monoisotopic (exact) mass is 221 g/mol. The SMILES string of the molecule is CCCC(C)C(NCC)c1cnc(C)cn1. The molecule has 0 saturated heterocycles. The van der Waals surface area contributed by atoms with Crippen molar-refractivity contribution < 1.29 is 0 Å². The van der Waals surface area contributed by atoms with Gasteiger partial charge in [-0.05, 0) is 25.8 Å². The number of nitrogens with one attached hydrogen (secondary N) is 1. The predicted molar refractivity (Wildman–Crippen MR) is 67.3 cm³/mol. The van der Waals surface area contributed by atoms with Gasteiger partial charge in [0.2, 0.25) is 0 Å². The highest BCUT2D eigenvalue weighted by Crippen LogP contribution is 2.23. The van der Waals surface area contributed by atoms with Gasteiger partial charge < -0.3 is 5.32 Å². The molecule has 0 amide bonds. The Morgan fingerprint density at radius 1 is 1.25 bits per heavy atom. The van der Waals surface area contributed by atoms with E-state index in [1.165, 1.54) is 12.8 Å². The summed E-state index contributed by atoms with van der Waals surface area (Å²) in [7, 11) is 0. The van der Waals surface area contributed by atoms with Crippen LogP contribution in [0.1, 0.15) is 51.0 Å². The molecule has 1 aromatic heterocycles. The van der Waals surface area contributed by atoms with Gasteiger partial charge in [0.05, 0.1) is 23.6 Å². The number of aromatic nitrogens is 2. The Morgan fingerprint density at radius 2 is 2.00 bits per heavy atom. The van der Waals surface area contributed by atoms with Crippen LogP contribution in [0.3, 0.4) is 0 Å². The highest BCUT2D eigenvalue weighted by atomic mass is 15.0. The van der Waals surface area contributed by atoms with Crippen LogP contribution in [0, 0.1) is 12.8 Å². The third-order valence-corrected chi connectivity index (χ3v) is 2.86. The second-order valence-electron chi connectivity index (χ2n) is 4.38. The van der Waals surface area contributed by atoms with Gasteiger partial charge in [-0.15, -0.1) is 0 Å². The van der Waals surface area contributed by atoms with E-state index in [4.69, 9.17) is 0 Å². The Bertz CT molecular complexity index is 295. The van der Waals surface area contributed by atoms with Crippen molar-refractivity contribution in [1.29, 1.82) is 0 Å². The van der Waals surface area contributed by atoms with Gasteiger partial charge in [-0.25, -0.2) is 0 Å². The zero-order chi connectivity index (χ0) is 12.0. The number of aryl methyl sites for hydroxylation is 1. The average Bonchev–Trinajstić information content (AvgIpc) is 2.28. The molecule has 0 aliphatic rings. The van der Waals surface area contributed by atoms with Crippen LogP contribution >= 0.6 is 0 Å². The molecular weight excluding hydrogens is 198 g/mol. The first-order chi connectivity index (χ1) is 7.69. The third kappa shape index (κ3) is 3.56. The summed E-state index contributed by atoms with van der Waals surface area (Å²) in [5.74, 6) is 0.599. The Kier molecular flexibility index (Phi) is 5.39. The summed E-state index contributed by atoms with van der Waals surface area (Å²) < 4.78 is 0. The molecule has 1 aromatic rings. The maximum atomic E-state index is 4.48. The summed E-state index contributed by atoms with van der Waals surface area (Å²) in [6.45, 7) is 9.56. The molecule has 0 saturated carbocycles. The van der Waals surface area contributed by atoms with Gasteiger partial charge in [-0.1, -0.05) is 27.2 Å². The molecular formula is C13H23N3. The van der Waals surface area contributed by atoms with Crippen molar-refractivity contribution in [2.24, 2.45) is 5.92 Å². The van der Waals surface area contributed by atoms with Gasteiger partial charge in [0.1, 0.15) is 0 Å². The van der Waals surface area contributed by atoms with E-state index in [9.17, 15) is 0 Å². The normalized spacial score (nSPS) is 14.8. The maximum absolute atomic E-state index is 4.48. The molecule has 2 unspecified atom stereocenters. The van der Waals surface area contributed by atoms with Crippen molar-refractivity contribution in [2.75, 3.05) is 6.54 Å². The van der Waals surface area contributed by atoms with E-state index in [0.717, 1.165) is 17.9 Å². The second-order valence-corrected chi connectivity index (χ2v) is 4.38. The second kappa shape index (κ2) is 6.59. The van der Waals surface area contributed by atoms with E-state index in [0.29, 0.717) is 12.0 Å². The summed E-state index contributed by atoms with van der Waals surface area (Å²) >= 11 is 0. The lowest BCUT2D eigenvalue weighted by molar-refractivity contribution is 0.361. The van der Waals surface area contributed by atoms with E-state index < -0.39 is 0 Å². The standard InChI is InChI=1S/C13H23N3/c1-5-7-10(3)13(14-6-2)12-9-15-11(4)8-16-12/h8-10,13-14H,5-7H2,1-4H3. The summed E-state index contributed by atoms with van der Waals surface area (Å²) in [5.41, 5.74) is 2.04. The minimum absolute atomic E-state index is 0.332. The van der Waals surface area contributed by atoms with Crippen LogP contribution in [0.15, 0.2) is 12.4 Å². The zero-order valence-corrected chi connectivity index (χ0v) is 10.8. The van der Waals surface area contributed by atoms with Crippen LogP contribution in [0.2, 0.25) is 0 Å². The van der Waals surface area contributed by atoms with Gasteiger partial charge in [0, 0.05) is 6.20 Å². The highest BCUT2D eigenvalue weighted by molar-refractivity contribution is 5.07. The van der Waals surface area contributed by atoms with Crippen molar-refractivity contribution in [3.8, 4) is 0 Å². The molecule has 1 rings (SSSR count). The van der Waals surface area contributed by atoms with Gasteiger partial charge in [-0.2, -0.15) is 0 Å². The molecule has 0 aliphatic carbocycles. The molecule has 0 spiro atoms. The molecule has 0 radical (unpaired) electrons. The fourth-order valence-corrected chi connectivity index (χ4v) is 2.00. The molecule has 2 atom stereocenters. The van der Waals surface area contributed by atoms with E-state index in [1.807, 2.05) is 19.3 Å². The first-order valence-corrected chi connectivity index (χ1v) is 6.21. The average molecular weight is 221 g/mol. The lowest BCUT2D eigenvalue weighted by Gasteiger charge is -2.23. The molecule has 1 N–H and O–H groups in total. The largest absolute Gasteiger partial charge is 0.309 e. The van der Waals surface area contributed by atoms with E-state index in [1.54, 1.807) is 0 Å². The number of rotatable bonds is 6. The Morgan fingerprint density at radius 3 is 2.50 bits per heavy atom. The van der Waals surface area contributed by atoms with Crippen molar-refractivity contribution in [2.45, 2.75) is 46.6 Å². The van der Waals surface area contributed by atoms with Crippen molar-refractivity contribution in [1.82, 2.24) is 15.3 Å². The van der Waals surface area contributed by atoms with Crippen molar-refractivity contribution >= 4 is 0 Å². The fraction of sp³-hybridized carbons (Fsp3) is 0.692. The summed E-state index contributed by atoms with van der Waals surface area (Å²) in [6.07, 6.45) is 6.17. The van der Waals surface area contributed by atoms with Gasteiger partial charge in [-0.3, -0.25) is 9.97 Å². The molecule has 16 heavy (non-hydrogen) atoms. The van der Waals surface area contributed by atoms with Crippen LogP contribution in [-0.4, -0.2) is 16.5 Å².